The molecule has 1 atom stereocenters. The maximum absolute atomic E-state index is 12.5. The lowest BCUT2D eigenvalue weighted by Gasteiger charge is -2.20. The summed E-state index contributed by atoms with van der Waals surface area (Å²) in [7, 11) is -3.66. The molecular formula is C19H23NO3S. The zero-order chi connectivity index (χ0) is 17.6. The van der Waals surface area contributed by atoms with E-state index in [1.807, 2.05) is 44.2 Å². The van der Waals surface area contributed by atoms with Crippen LogP contribution in [0.3, 0.4) is 0 Å². The Labute approximate surface area is 144 Å². The number of nitrogens with one attached hydrogen (secondary N) is 1. The molecule has 0 amide bonds. The van der Waals surface area contributed by atoms with Crippen LogP contribution in [-0.2, 0) is 21.2 Å². The number of ketones is 1. The summed E-state index contributed by atoms with van der Waals surface area (Å²) in [6.45, 7) is 3.78. The van der Waals surface area contributed by atoms with Gasteiger partial charge in [0.2, 0.25) is 10.0 Å². The maximum atomic E-state index is 12.5. The zero-order valence-electron chi connectivity index (χ0n) is 14.0. The summed E-state index contributed by atoms with van der Waals surface area (Å²) < 4.78 is 26.9. The minimum Gasteiger partial charge on any atom is -0.298 e. The van der Waals surface area contributed by atoms with Crippen LogP contribution in [0.1, 0.15) is 19.4 Å². The van der Waals surface area contributed by atoms with Crippen molar-refractivity contribution in [2.45, 2.75) is 25.2 Å². The molecule has 128 valence electrons. The van der Waals surface area contributed by atoms with Crippen LogP contribution in [0.2, 0.25) is 0 Å². The molecule has 5 heteroatoms. The van der Waals surface area contributed by atoms with E-state index in [-0.39, 0.29) is 29.1 Å². The number of rotatable bonds is 8. The van der Waals surface area contributed by atoms with Crippen molar-refractivity contribution in [3.63, 3.8) is 0 Å². The molecule has 0 aliphatic carbocycles. The number of carbonyl (C=O) groups excluding carboxylic acids is 1. The van der Waals surface area contributed by atoms with Crippen LogP contribution in [0.25, 0.3) is 0 Å². The molecule has 0 aliphatic heterocycles. The smallest absolute Gasteiger partial charge is 0.240 e. The number of benzene rings is 2. The number of hydrogen-bond acceptors (Lipinski definition) is 3. The van der Waals surface area contributed by atoms with Gasteiger partial charge in [0, 0.05) is 5.92 Å². The summed E-state index contributed by atoms with van der Waals surface area (Å²) in [5.74, 6) is -0.168. The van der Waals surface area contributed by atoms with Crippen LogP contribution in [0.4, 0.5) is 0 Å². The first kappa shape index (κ1) is 18.4. The molecule has 0 spiro atoms. The van der Waals surface area contributed by atoms with Crippen molar-refractivity contribution < 1.29 is 13.2 Å². The molecule has 1 N–H and O–H groups in total. The Morgan fingerprint density at radius 3 is 2.04 bits per heavy atom. The number of carbonyl (C=O) groups is 1. The molecule has 0 saturated carbocycles. The molecule has 0 radical (unpaired) electrons. The first-order valence-corrected chi connectivity index (χ1v) is 9.50. The third kappa shape index (κ3) is 5.01. The summed E-state index contributed by atoms with van der Waals surface area (Å²) in [5.41, 5.74) is 1.08. The predicted octanol–water partition coefficient (Wildman–Crippen LogP) is 3.05. The van der Waals surface area contributed by atoms with Gasteiger partial charge in [0.15, 0.2) is 5.78 Å². The fourth-order valence-electron chi connectivity index (χ4n) is 2.57. The Hall–Kier alpha value is -1.98. The highest BCUT2D eigenvalue weighted by molar-refractivity contribution is 7.89. The average Bonchev–Trinajstić information content (AvgIpc) is 2.59. The lowest BCUT2D eigenvalue weighted by molar-refractivity contribution is -0.123. The summed E-state index contributed by atoms with van der Waals surface area (Å²) in [4.78, 5) is 12.7. The molecule has 0 fully saturated rings. The number of sulfonamides is 1. The highest BCUT2D eigenvalue weighted by Crippen LogP contribution is 2.18. The van der Waals surface area contributed by atoms with Crippen molar-refractivity contribution in [3.05, 3.63) is 66.2 Å². The molecule has 0 aliphatic rings. The summed E-state index contributed by atoms with van der Waals surface area (Å²) in [5, 5.41) is 0. The second-order valence-corrected chi connectivity index (χ2v) is 7.91. The van der Waals surface area contributed by atoms with Gasteiger partial charge in [0.25, 0.3) is 0 Å². The monoisotopic (exact) mass is 345 g/mol. The molecule has 2 aromatic carbocycles. The molecule has 2 rings (SSSR count). The minimum atomic E-state index is -3.66. The standard InChI is InChI=1S/C19H23NO3S/c1-15(2)18(13-16-9-5-3-6-10-16)19(21)14-20-24(22,23)17-11-7-4-8-12-17/h3-12,15,18,20H,13-14H2,1-2H3. The van der Waals surface area contributed by atoms with Crippen molar-refractivity contribution in [3.8, 4) is 0 Å². The highest BCUT2D eigenvalue weighted by atomic mass is 32.2. The SMILES string of the molecule is CC(C)C(Cc1ccccc1)C(=O)CNS(=O)(=O)c1ccccc1. The molecular weight excluding hydrogens is 322 g/mol. The van der Waals surface area contributed by atoms with Crippen molar-refractivity contribution in [1.82, 2.24) is 4.72 Å². The first-order valence-electron chi connectivity index (χ1n) is 8.01. The Morgan fingerprint density at radius 1 is 0.958 bits per heavy atom. The molecule has 0 bridgehead atoms. The Balaban J connectivity index is 2.03. The van der Waals surface area contributed by atoms with Gasteiger partial charge in [-0.05, 0) is 30.0 Å². The molecule has 0 aromatic heterocycles. The fraction of sp³-hybridized carbons (Fsp3) is 0.316. The van der Waals surface area contributed by atoms with E-state index in [2.05, 4.69) is 4.72 Å². The molecule has 4 nitrogen and oxygen atoms in total. The van der Waals surface area contributed by atoms with Gasteiger partial charge >= 0.3 is 0 Å². The van der Waals surface area contributed by atoms with Gasteiger partial charge < -0.3 is 0 Å². The molecule has 0 heterocycles. The third-order valence-corrected chi connectivity index (χ3v) is 5.42. The molecule has 1 unspecified atom stereocenters. The zero-order valence-corrected chi connectivity index (χ0v) is 14.8. The highest BCUT2D eigenvalue weighted by Gasteiger charge is 2.24. The van der Waals surface area contributed by atoms with E-state index in [1.54, 1.807) is 18.2 Å². The maximum Gasteiger partial charge on any atom is 0.240 e. The van der Waals surface area contributed by atoms with Crippen molar-refractivity contribution >= 4 is 15.8 Å². The van der Waals surface area contributed by atoms with E-state index in [9.17, 15) is 13.2 Å². The topological polar surface area (TPSA) is 63.2 Å². The van der Waals surface area contributed by atoms with E-state index in [0.717, 1.165) is 5.56 Å². The van der Waals surface area contributed by atoms with Crippen LogP contribution in [0.15, 0.2) is 65.6 Å². The van der Waals surface area contributed by atoms with Crippen molar-refractivity contribution in [2.24, 2.45) is 11.8 Å². The first-order chi connectivity index (χ1) is 11.4. The van der Waals surface area contributed by atoms with Crippen molar-refractivity contribution in [2.75, 3.05) is 6.54 Å². The molecule has 24 heavy (non-hydrogen) atoms. The summed E-state index contributed by atoms with van der Waals surface area (Å²) >= 11 is 0. The predicted molar refractivity (Wildman–Crippen MR) is 95.1 cm³/mol. The molecule has 0 saturated heterocycles. The van der Waals surface area contributed by atoms with Crippen LogP contribution >= 0.6 is 0 Å². The lowest BCUT2D eigenvalue weighted by atomic mass is 9.86. The number of hydrogen-bond donors (Lipinski definition) is 1. The lowest BCUT2D eigenvalue weighted by Crippen LogP contribution is -2.35. The Kier molecular flexibility index (Phi) is 6.29. The second kappa shape index (κ2) is 8.22. The van der Waals surface area contributed by atoms with Crippen LogP contribution < -0.4 is 4.72 Å². The van der Waals surface area contributed by atoms with E-state index in [1.165, 1.54) is 12.1 Å². The van der Waals surface area contributed by atoms with Crippen LogP contribution in [0, 0.1) is 11.8 Å². The van der Waals surface area contributed by atoms with Gasteiger partial charge in [-0.3, -0.25) is 4.79 Å². The minimum absolute atomic E-state index is 0.0895. The Morgan fingerprint density at radius 2 is 1.50 bits per heavy atom. The van der Waals surface area contributed by atoms with E-state index < -0.39 is 10.0 Å². The molecule has 2 aromatic rings. The normalized spacial score (nSPS) is 13.0. The van der Waals surface area contributed by atoms with Gasteiger partial charge in [-0.1, -0.05) is 62.4 Å². The third-order valence-electron chi connectivity index (χ3n) is 4.01. The number of Topliss-reactive ketones (excluding diaryl/α,β-unsaturated/α-hetero) is 1. The van der Waals surface area contributed by atoms with Crippen molar-refractivity contribution in [1.29, 1.82) is 0 Å². The largest absolute Gasteiger partial charge is 0.298 e. The van der Waals surface area contributed by atoms with Crippen LogP contribution in [0.5, 0.6) is 0 Å². The summed E-state index contributed by atoms with van der Waals surface area (Å²) in [6, 6.07) is 17.9. The van der Waals surface area contributed by atoms with E-state index >= 15 is 0 Å². The van der Waals surface area contributed by atoms with Gasteiger partial charge in [-0.25, -0.2) is 13.1 Å². The second-order valence-electron chi connectivity index (χ2n) is 6.14. The van der Waals surface area contributed by atoms with Gasteiger partial charge in [-0.15, -0.1) is 0 Å². The van der Waals surface area contributed by atoms with Gasteiger partial charge in [0.05, 0.1) is 11.4 Å². The van der Waals surface area contributed by atoms with E-state index in [4.69, 9.17) is 0 Å². The van der Waals surface area contributed by atoms with Crippen LogP contribution in [-0.4, -0.2) is 20.7 Å². The van der Waals surface area contributed by atoms with E-state index in [0.29, 0.717) is 6.42 Å². The summed E-state index contributed by atoms with van der Waals surface area (Å²) in [6.07, 6.45) is 0.615. The fourth-order valence-corrected chi connectivity index (χ4v) is 3.58. The van der Waals surface area contributed by atoms with Gasteiger partial charge in [-0.2, -0.15) is 0 Å². The quantitative estimate of drug-likeness (QED) is 0.800. The van der Waals surface area contributed by atoms with Gasteiger partial charge in [0.1, 0.15) is 0 Å². The average molecular weight is 345 g/mol. The Bertz CT molecular complexity index is 756.